The molecule has 0 saturated heterocycles. The first-order valence-electron chi connectivity index (χ1n) is 5.77. The number of rotatable bonds is 5. The van der Waals surface area contributed by atoms with Crippen molar-refractivity contribution >= 4 is 23.4 Å². The van der Waals surface area contributed by atoms with Gasteiger partial charge in [0.05, 0.1) is 16.9 Å². The molecule has 1 aromatic heterocycles. The molecule has 0 fully saturated rings. The van der Waals surface area contributed by atoms with Crippen LogP contribution in [0.3, 0.4) is 0 Å². The van der Waals surface area contributed by atoms with Gasteiger partial charge in [-0.2, -0.15) is 0 Å². The minimum Gasteiger partial charge on any atom is -0.468 e. The first-order chi connectivity index (χ1) is 10.0. The standard InChI is InChI=1S/C11H11N5O4S/c1-7-3-4-9(8(5-7)16(18)19)21-11-12-13-14-15(11)6-10(17)20-2/h3-5H,6H2,1-2H3. The molecule has 1 heterocycles. The van der Waals surface area contributed by atoms with Crippen LogP contribution < -0.4 is 0 Å². The van der Waals surface area contributed by atoms with Gasteiger partial charge < -0.3 is 4.74 Å². The maximum absolute atomic E-state index is 11.2. The van der Waals surface area contributed by atoms with Crippen molar-refractivity contribution in [1.29, 1.82) is 0 Å². The van der Waals surface area contributed by atoms with Crippen LogP contribution in [-0.4, -0.2) is 38.2 Å². The number of hydrogen-bond acceptors (Lipinski definition) is 8. The summed E-state index contributed by atoms with van der Waals surface area (Å²) >= 11 is 1.01. The van der Waals surface area contributed by atoms with Crippen LogP contribution in [0.25, 0.3) is 0 Å². The van der Waals surface area contributed by atoms with Crippen LogP contribution in [0.15, 0.2) is 28.3 Å². The van der Waals surface area contributed by atoms with E-state index < -0.39 is 10.9 Å². The number of nitro benzene ring substituents is 1. The summed E-state index contributed by atoms with van der Waals surface area (Å²) in [5.41, 5.74) is 0.743. The van der Waals surface area contributed by atoms with Gasteiger partial charge in [0, 0.05) is 6.07 Å². The molecular weight excluding hydrogens is 298 g/mol. The summed E-state index contributed by atoms with van der Waals surface area (Å²) in [7, 11) is 1.25. The van der Waals surface area contributed by atoms with Crippen molar-refractivity contribution in [3.05, 3.63) is 33.9 Å². The molecule has 0 unspecified atom stereocenters. The molecule has 0 saturated carbocycles. The molecule has 0 bridgehead atoms. The number of esters is 1. The summed E-state index contributed by atoms with van der Waals surface area (Å²) in [5, 5.41) is 22.2. The van der Waals surface area contributed by atoms with Gasteiger partial charge in [-0.25, -0.2) is 4.68 Å². The van der Waals surface area contributed by atoms with E-state index in [9.17, 15) is 14.9 Å². The summed E-state index contributed by atoms with van der Waals surface area (Å²) in [4.78, 5) is 22.2. The summed E-state index contributed by atoms with van der Waals surface area (Å²) in [6, 6.07) is 4.84. The lowest BCUT2D eigenvalue weighted by molar-refractivity contribution is -0.387. The number of carbonyl (C=O) groups excluding carboxylic acids is 1. The Labute approximate surface area is 123 Å². The molecule has 10 heteroatoms. The number of carbonyl (C=O) groups is 1. The first-order valence-corrected chi connectivity index (χ1v) is 6.59. The van der Waals surface area contributed by atoms with E-state index in [1.165, 1.54) is 17.9 Å². The van der Waals surface area contributed by atoms with Crippen LogP contribution in [0, 0.1) is 17.0 Å². The van der Waals surface area contributed by atoms with Crippen molar-refractivity contribution in [3.63, 3.8) is 0 Å². The summed E-state index contributed by atoms with van der Waals surface area (Å²) in [6.45, 7) is 1.61. The number of nitro groups is 1. The molecule has 0 aliphatic carbocycles. The smallest absolute Gasteiger partial charge is 0.327 e. The Balaban J connectivity index is 2.29. The minimum atomic E-state index is -0.512. The second-order valence-corrected chi connectivity index (χ2v) is 5.03. The zero-order valence-electron chi connectivity index (χ0n) is 11.2. The van der Waals surface area contributed by atoms with Crippen molar-refractivity contribution in [2.75, 3.05) is 7.11 Å². The molecular formula is C11H11N5O4S. The molecule has 2 aromatic rings. The van der Waals surface area contributed by atoms with Gasteiger partial charge in [0.1, 0.15) is 6.54 Å². The van der Waals surface area contributed by atoms with E-state index in [4.69, 9.17) is 0 Å². The normalized spacial score (nSPS) is 10.4. The van der Waals surface area contributed by atoms with Gasteiger partial charge in [0.25, 0.3) is 5.69 Å². The highest BCUT2D eigenvalue weighted by atomic mass is 32.2. The van der Waals surface area contributed by atoms with E-state index in [2.05, 4.69) is 20.3 Å². The summed E-state index contributed by atoms with van der Waals surface area (Å²) in [5.74, 6) is -0.512. The van der Waals surface area contributed by atoms with Crippen LogP contribution in [0.4, 0.5) is 5.69 Å². The van der Waals surface area contributed by atoms with E-state index in [1.807, 2.05) is 0 Å². The average Bonchev–Trinajstić information content (AvgIpc) is 2.87. The zero-order chi connectivity index (χ0) is 15.4. The van der Waals surface area contributed by atoms with E-state index in [1.54, 1.807) is 19.1 Å². The maximum Gasteiger partial charge on any atom is 0.327 e. The number of aryl methyl sites for hydroxylation is 1. The van der Waals surface area contributed by atoms with Gasteiger partial charge in [-0.15, -0.1) is 5.10 Å². The molecule has 0 radical (unpaired) electrons. The summed E-state index contributed by atoms with van der Waals surface area (Å²) < 4.78 is 5.76. The van der Waals surface area contributed by atoms with E-state index in [-0.39, 0.29) is 17.4 Å². The molecule has 0 aliphatic rings. The molecule has 0 atom stereocenters. The SMILES string of the molecule is COC(=O)Cn1nnnc1Sc1ccc(C)cc1[N+](=O)[O-]. The van der Waals surface area contributed by atoms with Crippen LogP contribution in [0.5, 0.6) is 0 Å². The molecule has 1 aromatic carbocycles. The van der Waals surface area contributed by atoms with Gasteiger partial charge in [-0.1, -0.05) is 6.07 Å². The predicted octanol–water partition coefficient (Wildman–Crippen LogP) is 1.21. The second-order valence-electron chi connectivity index (χ2n) is 4.03. The van der Waals surface area contributed by atoms with Crippen molar-refractivity contribution in [2.45, 2.75) is 23.5 Å². The Morgan fingerprint density at radius 3 is 2.95 bits per heavy atom. The van der Waals surface area contributed by atoms with Crippen molar-refractivity contribution in [1.82, 2.24) is 20.2 Å². The van der Waals surface area contributed by atoms with Crippen LogP contribution in [0.2, 0.25) is 0 Å². The molecule has 0 aliphatic heterocycles. The predicted molar refractivity (Wildman–Crippen MR) is 71.8 cm³/mol. The fourth-order valence-corrected chi connectivity index (χ4v) is 2.36. The van der Waals surface area contributed by atoms with Crippen molar-refractivity contribution in [3.8, 4) is 0 Å². The summed E-state index contributed by atoms with van der Waals surface area (Å²) in [6.07, 6.45) is 0. The molecule has 110 valence electrons. The molecule has 0 amide bonds. The van der Waals surface area contributed by atoms with Gasteiger partial charge >= 0.3 is 5.97 Å². The number of hydrogen-bond donors (Lipinski definition) is 0. The molecule has 0 spiro atoms. The number of methoxy groups -OCH3 is 1. The zero-order valence-corrected chi connectivity index (χ0v) is 12.0. The Bertz CT molecular complexity index is 687. The number of ether oxygens (including phenoxy) is 1. The van der Waals surface area contributed by atoms with Crippen molar-refractivity contribution in [2.24, 2.45) is 0 Å². The van der Waals surface area contributed by atoms with Gasteiger partial charge in [0.2, 0.25) is 5.16 Å². The van der Waals surface area contributed by atoms with Crippen molar-refractivity contribution < 1.29 is 14.5 Å². The highest BCUT2D eigenvalue weighted by molar-refractivity contribution is 7.99. The molecule has 9 nitrogen and oxygen atoms in total. The third-order valence-corrected chi connectivity index (χ3v) is 3.56. The molecule has 0 N–H and O–H groups in total. The lowest BCUT2D eigenvalue weighted by Gasteiger charge is -2.04. The quantitative estimate of drug-likeness (QED) is 0.460. The number of nitrogens with zero attached hydrogens (tertiary/aromatic N) is 5. The highest BCUT2D eigenvalue weighted by Crippen LogP contribution is 2.33. The molecule has 2 rings (SSSR count). The Kier molecular flexibility index (Phi) is 4.48. The second kappa shape index (κ2) is 6.31. The van der Waals surface area contributed by atoms with Crippen LogP contribution in [-0.2, 0) is 16.1 Å². The minimum absolute atomic E-state index is 0.0346. The third-order valence-electron chi connectivity index (χ3n) is 2.52. The fraction of sp³-hybridized carbons (Fsp3) is 0.273. The van der Waals surface area contributed by atoms with E-state index in [0.717, 1.165) is 17.3 Å². The first kappa shape index (κ1) is 14.9. The average molecular weight is 309 g/mol. The lowest BCUT2D eigenvalue weighted by atomic mass is 10.2. The maximum atomic E-state index is 11.2. The van der Waals surface area contributed by atoms with E-state index in [0.29, 0.717) is 4.90 Å². The topological polar surface area (TPSA) is 113 Å². The van der Waals surface area contributed by atoms with Crippen LogP contribution in [0.1, 0.15) is 5.56 Å². The Morgan fingerprint density at radius 1 is 1.52 bits per heavy atom. The highest BCUT2D eigenvalue weighted by Gasteiger charge is 2.19. The number of aromatic nitrogens is 4. The van der Waals surface area contributed by atoms with E-state index >= 15 is 0 Å². The number of tetrazole rings is 1. The molecule has 21 heavy (non-hydrogen) atoms. The monoisotopic (exact) mass is 309 g/mol. The Morgan fingerprint density at radius 2 is 2.29 bits per heavy atom. The number of benzene rings is 1. The van der Waals surface area contributed by atoms with Gasteiger partial charge in [-0.3, -0.25) is 14.9 Å². The fourth-order valence-electron chi connectivity index (χ4n) is 1.51. The lowest BCUT2D eigenvalue weighted by Crippen LogP contribution is -2.13. The van der Waals surface area contributed by atoms with Gasteiger partial charge in [-0.05, 0) is 40.7 Å². The van der Waals surface area contributed by atoms with Crippen LogP contribution >= 0.6 is 11.8 Å². The largest absolute Gasteiger partial charge is 0.468 e. The van der Waals surface area contributed by atoms with Gasteiger partial charge in [0.15, 0.2) is 0 Å². The third kappa shape index (κ3) is 3.54. The Hall–Kier alpha value is -2.49.